The molecule has 3 unspecified atom stereocenters. The van der Waals surface area contributed by atoms with Crippen molar-refractivity contribution in [2.75, 3.05) is 13.1 Å². The van der Waals surface area contributed by atoms with Crippen LogP contribution in [0.5, 0.6) is 0 Å². The van der Waals surface area contributed by atoms with Gasteiger partial charge in [0.25, 0.3) is 0 Å². The molecule has 4 heteroatoms. The highest BCUT2D eigenvalue weighted by Crippen LogP contribution is 2.42. The van der Waals surface area contributed by atoms with Gasteiger partial charge >= 0.3 is 0 Å². The maximum Gasteiger partial charge on any atom is 0.128 e. The van der Waals surface area contributed by atoms with Gasteiger partial charge in [0.1, 0.15) is 11.6 Å². The summed E-state index contributed by atoms with van der Waals surface area (Å²) in [7, 11) is 0. The van der Waals surface area contributed by atoms with E-state index in [0.29, 0.717) is 18.2 Å². The van der Waals surface area contributed by atoms with Crippen molar-refractivity contribution in [3.8, 4) is 0 Å². The number of rotatable bonds is 3. The quantitative estimate of drug-likeness (QED) is 0.895. The lowest BCUT2D eigenvalue weighted by Crippen LogP contribution is -2.39. The molecule has 1 saturated heterocycles. The minimum absolute atomic E-state index is 0.184. The first-order valence-electron chi connectivity index (χ1n) is 6.60. The zero-order valence-corrected chi connectivity index (χ0v) is 10.3. The molecule has 2 bridgehead atoms. The molecule has 3 atom stereocenters. The third-order valence-electron chi connectivity index (χ3n) is 4.39. The van der Waals surface area contributed by atoms with Gasteiger partial charge in [-0.1, -0.05) is 0 Å². The highest BCUT2D eigenvalue weighted by molar-refractivity contribution is 5.23. The fraction of sp³-hybridized carbons (Fsp3) is 0.571. The van der Waals surface area contributed by atoms with E-state index in [2.05, 4.69) is 4.90 Å². The highest BCUT2D eigenvalue weighted by Gasteiger charge is 2.41. The van der Waals surface area contributed by atoms with E-state index < -0.39 is 5.82 Å². The Hall–Kier alpha value is -1.00. The van der Waals surface area contributed by atoms with Gasteiger partial charge in [0, 0.05) is 24.7 Å². The van der Waals surface area contributed by atoms with Crippen molar-refractivity contribution in [1.82, 2.24) is 4.90 Å². The molecular formula is C14H18F2N2. The van der Waals surface area contributed by atoms with Crippen LogP contribution in [0.4, 0.5) is 8.78 Å². The second-order valence-electron chi connectivity index (χ2n) is 5.45. The molecule has 2 nitrogen and oxygen atoms in total. The van der Waals surface area contributed by atoms with Crippen molar-refractivity contribution in [3.63, 3.8) is 0 Å². The van der Waals surface area contributed by atoms with Crippen LogP contribution in [0.3, 0.4) is 0 Å². The van der Waals surface area contributed by atoms with E-state index in [-0.39, 0.29) is 11.9 Å². The maximum absolute atomic E-state index is 13.9. The molecule has 2 fully saturated rings. The SMILES string of the molecule is NCC(c1cc(F)ccc1F)N1CC2CCC1C2. The summed E-state index contributed by atoms with van der Waals surface area (Å²) in [6.07, 6.45) is 3.62. The van der Waals surface area contributed by atoms with Gasteiger partial charge in [-0.2, -0.15) is 0 Å². The van der Waals surface area contributed by atoms with E-state index in [1.54, 1.807) is 0 Å². The summed E-state index contributed by atoms with van der Waals surface area (Å²) in [4.78, 5) is 2.27. The fourth-order valence-corrected chi connectivity index (χ4v) is 3.56. The van der Waals surface area contributed by atoms with Crippen molar-refractivity contribution in [2.45, 2.75) is 31.3 Å². The Balaban J connectivity index is 1.90. The number of likely N-dealkylation sites (tertiary alicyclic amines) is 1. The Morgan fingerprint density at radius 2 is 2.17 bits per heavy atom. The zero-order chi connectivity index (χ0) is 12.7. The number of benzene rings is 1. The summed E-state index contributed by atoms with van der Waals surface area (Å²) in [5, 5.41) is 0. The zero-order valence-electron chi connectivity index (χ0n) is 10.3. The van der Waals surface area contributed by atoms with Gasteiger partial charge < -0.3 is 5.73 Å². The number of fused-ring (bicyclic) bond motifs is 2. The molecule has 1 aromatic carbocycles. The van der Waals surface area contributed by atoms with Crippen molar-refractivity contribution >= 4 is 0 Å². The van der Waals surface area contributed by atoms with Crippen LogP contribution in [-0.4, -0.2) is 24.0 Å². The molecule has 2 N–H and O–H groups in total. The lowest BCUT2D eigenvalue weighted by Gasteiger charge is -2.34. The number of piperidine rings is 1. The van der Waals surface area contributed by atoms with Crippen LogP contribution in [0.1, 0.15) is 30.9 Å². The summed E-state index contributed by atoms with van der Waals surface area (Å²) in [5.74, 6) is -0.0236. The van der Waals surface area contributed by atoms with E-state index in [9.17, 15) is 8.78 Å². The molecule has 0 radical (unpaired) electrons. The third kappa shape index (κ3) is 1.93. The molecule has 1 aliphatic carbocycles. The second kappa shape index (κ2) is 4.59. The predicted molar refractivity (Wildman–Crippen MR) is 66.0 cm³/mol. The van der Waals surface area contributed by atoms with Crippen LogP contribution in [0.25, 0.3) is 0 Å². The normalized spacial score (nSPS) is 28.8. The highest BCUT2D eigenvalue weighted by atomic mass is 19.1. The van der Waals surface area contributed by atoms with Gasteiger partial charge in [0.05, 0.1) is 6.04 Å². The van der Waals surface area contributed by atoms with E-state index in [4.69, 9.17) is 5.73 Å². The molecule has 98 valence electrons. The number of halogens is 2. The fourth-order valence-electron chi connectivity index (χ4n) is 3.56. The topological polar surface area (TPSA) is 29.3 Å². The average molecular weight is 252 g/mol. The lowest BCUT2D eigenvalue weighted by molar-refractivity contribution is 0.150. The van der Waals surface area contributed by atoms with Crippen molar-refractivity contribution in [3.05, 3.63) is 35.4 Å². The Labute approximate surface area is 106 Å². The first kappa shape index (κ1) is 12.1. The monoisotopic (exact) mass is 252 g/mol. The van der Waals surface area contributed by atoms with Gasteiger partial charge in [0.2, 0.25) is 0 Å². The molecule has 1 saturated carbocycles. The van der Waals surface area contributed by atoms with Crippen LogP contribution in [0, 0.1) is 17.6 Å². The van der Waals surface area contributed by atoms with Gasteiger partial charge in [-0.15, -0.1) is 0 Å². The summed E-state index contributed by atoms with van der Waals surface area (Å²) in [6.45, 7) is 1.31. The van der Waals surface area contributed by atoms with E-state index >= 15 is 0 Å². The van der Waals surface area contributed by atoms with Crippen LogP contribution in [0.15, 0.2) is 18.2 Å². The average Bonchev–Trinajstić information content (AvgIpc) is 2.97. The minimum Gasteiger partial charge on any atom is -0.329 e. The first-order valence-corrected chi connectivity index (χ1v) is 6.60. The first-order chi connectivity index (χ1) is 8.69. The van der Waals surface area contributed by atoms with Gasteiger partial charge in [-0.25, -0.2) is 8.78 Å². The standard InChI is InChI=1S/C14H18F2N2/c15-10-2-4-13(16)12(6-10)14(7-17)18-8-9-1-3-11(18)5-9/h2,4,6,9,11,14H,1,3,5,7-8,17H2. The molecule has 0 spiro atoms. The third-order valence-corrected chi connectivity index (χ3v) is 4.39. The van der Waals surface area contributed by atoms with Gasteiger partial charge in [-0.3, -0.25) is 4.90 Å². The number of hydrogen-bond donors (Lipinski definition) is 1. The van der Waals surface area contributed by atoms with Crippen LogP contribution >= 0.6 is 0 Å². The Morgan fingerprint density at radius 3 is 2.78 bits per heavy atom. The number of hydrogen-bond acceptors (Lipinski definition) is 2. The molecule has 1 aromatic rings. The smallest absolute Gasteiger partial charge is 0.128 e. The molecule has 3 rings (SSSR count). The summed E-state index contributed by atoms with van der Waals surface area (Å²) in [5.41, 5.74) is 6.21. The van der Waals surface area contributed by atoms with Crippen LogP contribution in [0.2, 0.25) is 0 Å². The minimum atomic E-state index is -0.394. The lowest BCUT2D eigenvalue weighted by atomic mass is 10.0. The summed E-state index contributed by atoms with van der Waals surface area (Å²) < 4.78 is 27.1. The largest absolute Gasteiger partial charge is 0.329 e. The van der Waals surface area contributed by atoms with Crippen molar-refractivity contribution < 1.29 is 8.78 Å². The van der Waals surface area contributed by atoms with Crippen molar-refractivity contribution in [2.24, 2.45) is 11.7 Å². The summed E-state index contributed by atoms with van der Waals surface area (Å²) >= 11 is 0. The van der Waals surface area contributed by atoms with Gasteiger partial charge in [0.15, 0.2) is 0 Å². The molecule has 2 aliphatic rings. The second-order valence-corrected chi connectivity index (χ2v) is 5.45. The molecular weight excluding hydrogens is 234 g/mol. The van der Waals surface area contributed by atoms with Gasteiger partial charge in [-0.05, 0) is 43.4 Å². The molecule has 1 heterocycles. The van der Waals surface area contributed by atoms with Crippen LogP contribution < -0.4 is 5.73 Å². The molecule has 0 amide bonds. The molecule has 0 aromatic heterocycles. The Morgan fingerprint density at radius 1 is 1.33 bits per heavy atom. The number of nitrogens with two attached hydrogens (primary N) is 1. The maximum atomic E-state index is 13.9. The Bertz CT molecular complexity index is 449. The number of nitrogens with zero attached hydrogens (tertiary/aromatic N) is 1. The van der Waals surface area contributed by atoms with Crippen LogP contribution in [-0.2, 0) is 0 Å². The Kier molecular flexibility index (Phi) is 3.08. The summed E-state index contributed by atoms with van der Waals surface area (Å²) in [6, 6.07) is 3.96. The van der Waals surface area contributed by atoms with E-state index in [1.807, 2.05) is 0 Å². The molecule has 18 heavy (non-hydrogen) atoms. The van der Waals surface area contributed by atoms with Crippen molar-refractivity contribution in [1.29, 1.82) is 0 Å². The predicted octanol–water partition coefficient (Wildman–Crippen LogP) is 2.45. The molecule has 1 aliphatic heterocycles. The van der Waals surface area contributed by atoms with E-state index in [1.165, 1.54) is 25.0 Å². The van der Waals surface area contributed by atoms with E-state index in [0.717, 1.165) is 24.9 Å².